The van der Waals surface area contributed by atoms with Gasteiger partial charge in [0.15, 0.2) is 0 Å². The van der Waals surface area contributed by atoms with Crippen molar-refractivity contribution in [2.24, 2.45) is 0 Å². The van der Waals surface area contributed by atoms with E-state index in [1.165, 1.54) is 11.4 Å². The van der Waals surface area contributed by atoms with Crippen LogP contribution in [-0.4, -0.2) is 55.9 Å². The third kappa shape index (κ3) is 4.91. The number of methoxy groups -OCH3 is 1. The minimum absolute atomic E-state index is 0.110. The Balaban J connectivity index is 4.64. The molecule has 7 heteroatoms. The van der Waals surface area contributed by atoms with Crippen molar-refractivity contribution in [2.75, 3.05) is 26.0 Å². The molecular weight excluding hydrogens is 234 g/mol. The second-order valence-corrected chi connectivity index (χ2v) is 5.50. The van der Waals surface area contributed by atoms with Crippen LogP contribution in [0.5, 0.6) is 0 Å². The molecule has 0 heterocycles. The third-order valence-corrected chi connectivity index (χ3v) is 4.19. The maximum absolute atomic E-state index is 11.8. The van der Waals surface area contributed by atoms with Gasteiger partial charge in [-0.3, -0.25) is 4.79 Å². The molecule has 0 spiro atoms. The normalized spacial score (nSPS) is 14.0. The number of rotatable bonds is 8. The largest absolute Gasteiger partial charge is 0.481 e. The summed E-state index contributed by atoms with van der Waals surface area (Å²) in [5.74, 6) is -1.13. The predicted molar refractivity (Wildman–Crippen MR) is 59.8 cm³/mol. The molecule has 96 valence electrons. The molecule has 0 amide bonds. The Morgan fingerprint density at radius 3 is 2.44 bits per heavy atom. The maximum Gasteiger partial charge on any atom is 0.304 e. The quantitative estimate of drug-likeness (QED) is 0.665. The zero-order valence-electron chi connectivity index (χ0n) is 9.84. The Morgan fingerprint density at radius 2 is 2.06 bits per heavy atom. The van der Waals surface area contributed by atoms with Crippen molar-refractivity contribution < 1.29 is 23.1 Å². The van der Waals surface area contributed by atoms with E-state index in [9.17, 15) is 13.2 Å². The van der Waals surface area contributed by atoms with E-state index in [4.69, 9.17) is 9.84 Å². The molecule has 16 heavy (non-hydrogen) atoms. The van der Waals surface area contributed by atoms with Gasteiger partial charge in [-0.25, -0.2) is 8.42 Å². The average molecular weight is 253 g/mol. The van der Waals surface area contributed by atoms with Crippen LogP contribution in [0.3, 0.4) is 0 Å². The van der Waals surface area contributed by atoms with Crippen LogP contribution in [0, 0.1) is 0 Å². The molecule has 0 saturated heterocycles. The molecule has 1 unspecified atom stereocenters. The van der Waals surface area contributed by atoms with E-state index >= 15 is 0 Å². The van der Waals surface area contributed by atoms with Gasteiger partial charge in [0.1, 0.15) is 0 Å². The van der Waals surface area contributed by atoms with Crippen molar-refractivity contribution >= 4 is 16.0 Å². The fourth-order valence-electron chi connectivity index (χ4n) is 1.44. The van der Waals surface area contributed by atoms with Crippen LogP contribution in [0.2, 0.25) is 0 Å². The van der Waals surface area contributed by atoms with E-state index in [2.05, 4.69) is 0 Å². The highest BCUT2D eigenvalue weighted by Crippen LogP contribution is 2.10. The summed E-state index contributed by atoms with van der Waals surface area (Å²) in [6.45, 7) is 3.64. The fourth-order valence-corrected chi connectivity index (χ4v) is 3.07. The lowest BCUT2D eigenvalue weighted by Crippen LogP contribution is -2.41. The third-order valence-electron chi connectivity index (χ3n) is 2.18. The van der Waals surface area contributed by atoms with Gasteiger partial charge in [-0.15, -0.1) is 0 Å². The number of aliphatic carboxylic acids is 1. The van der Waals surface area contributed by atoms with Crippen LogP contribution in [0.1, 0.15) is 20.3 Å². The Hall–Kier alpha value is -0.660. The van der Waals surface area contributed by atoms with E-state index < -0.39 is 22.0 Å². The summed E-state index contributed by atoms with van der Waals surface area (Å²) in [4.78, 5) is 10.5. The van der Waals surface area contributed by atoms with E-state index in [1.54, 1.807) is 13.8 Å². The number of ether oxygens (including phenoxy) is 1. The highest BCUT2D eigenvalue weighted by Gasteiger charge is 2.26. The smallest absolute Gasteiger partial charge is 0.304 e. The van der Waals surface area contributed by atoms with E-state index in [0.717, 1.165) is 0 Å². The number of hydrogen-bond acceptors (Lipinski definition) is 4. The van der Waals surface area contributed by atoms with Gasteiger partial charge in [-0.1, -0.05) is 6.92 Å². The monoisotopic (exact) mass is 253 g/mol. The van der Waals surface area contributed by atoms with Gasteiger partial charge >= 0.3 is 5.97 Å². The summed E-state index contributed by atoms with van der Waals surface area (Å²) in [5.41, 5.74) is 0. The van der Waals surface area contributed by atoms with E-state index in [0.29, 0.717) is 0 Å². The maximum atomic E-state index is 11.8. The number of sulfonamides is 1. The molecule has 0 aromatic heterocycles. The lowest BCUT2D eigenvalue weighted by atomic mass is 10.2. The standard InChI is InChI=1S/C9H19NO5S/c1-4-10(8(2)7-9(11)12)16(13,14)6-5-15-3/h8H,4-7H2,1-3H3,(H,11,12). The van der Waals surface area contributed by atoms with Gasteiger partial charge in [0, 0.05) is 19.7 Å². The van der Waals surface area contributed by atoms with Crippen LogP contribution in [0.4, 0.5) is 0 Å². The molecule has 0 aromatic carbocycles. The lowest BCUT2D eigenvalue weighted by Gasteiger charge is -2.25. The minimum atomic E-state index is -3.43. The van der Waals surface area contributed by atoms with E-state index in [-0.39, 0.29) is 25.3 Å². The first-order chi connectivity index (χ1) is 7.35. The second-order valence-electron chi connectivity index (χ2n) is 3.46. The molecule has 6 nitrogen and oxygen atoms in total. The molecule has 0 rings (SSSR count). The SMILES string of the molecule is CCN(C(C)CC(=O)O)S(=O)(=O)CCOC. The highest BCUT2D eigenvalue weighted by molar-refractivity contribution is 7.89. The molecule has 0 aromatic rings. The highest BCUT2D eigenvalue weighted by atomic mass is 32.2. The Bertz CT molecular complexity index is 314. The van der Waals surface area contributed by atoms with Crippen LogP contribution in [0.15, 0.2) is 0 Å². The topological polar surface area (TPSA) is 83.9 Å². The van der Waals surface area contributed by atoms with Crippen molar-refractivity contribution in [1.29, 1.82) is 0 Å². The summed E-state index contributed by atoms with van der Waals surface area (Å²) < 4.78 is 29.5. The molecule has 0 aliphatic heterocycles. The second kappa shape index (κ2) is 6.82. The molecular formula is C9H19NO5S. The summed E-state index contributed by atoms with van der Waals surface area (Å²) >= 11 is 0. The molecule has 0 bridgehead atoms. The molecule has 0 radical (unpaired) electrons. The number of hydrogen-bond donors (Lipinski definition) is 1. The van der Waals surface area contributed by atoms with Gasteiger partial charge in [0.05, 0.1) is 18.8 Å². The van der Waals surface area contributed by atoms with Crippen LogP contribution < -0.4 is 0 Å². The van der Waals surface area contributed by atoms with Crippen molar-refractivity contribution in [3.63, 3.8) is 0 Å². The summed E-state index contributed by atoms with van der Waals surface area (Å²) in [5, 5.41) is 8.62. The summed E-state index contributed by atoms with van der Waals surface area (Å²) in [6.07, 6.45) is -0.194. The Labute approximate surface area is 96.2 Å². The van der Waals surface area contributed by atoms with Crippen LogP contribution in [0.25, 0.3) is 0 Å². The zero-order valence-corrected chi connectivity index (χ0v) is 10.7. The molecule has 0 aliphatic rings. The van der Waals surface area contributed by atoms with Crippen molar-refractivity contribution in [2.45, 2.75) is 26.3 Å². The van der Waals surface area contributed by atoms with Crippen molar-refractivity contribution in [3.05, 3.63) is 0 Å². The Morgan fingerprint density at radius 1 is 1.50 bits per heavy atom. The number of carboxylic acid groups (broad SMARTS) is 1. The molecule has 0 aliphatic carbocycles. The fraction of sp³-hybridized carbons (Fsp3) is 0.889. The first-order valence-electron chi connectivity index (χ1n) is 5.05. The van der Waals surface area contributed by atoms with Gasteiger partial charge < -0.3 is 9.84 Å². The molecule has 0 fully saturated rings. The van der Waals surface area contributed by atoms with Gasteiger partial charge in [-0.2, -0.15) is 4.31 Å². The molecule has 0 saturated carbocycles. The van der Waals surface area contributed by atoms with Crippen molar-refractivity contribution in [3.8, 4) is 0 Å². The number of nitrogens with zero attached hydrogens (tertiary/aromatic N) is 1. The number of carbonyl (C=O) groups is 1. The van der Waals surface area contributed by atoms with Gasteiger partial charge in [0.25, 0.3) is 0 Å². The first kappa shape index (κ1) is 15.3. The summed E-state index contributed by atoms with van der Waals surface area (Å²) in [7, 11) is -2.01. The lowest BCUT2D eigenvalue weighted by molar-refractivity contribution is -0.137. The van der Waals surface area contributed by atoms with E-state index in [1.807, 2.05) is 0 Å². The molecule has 1 atom stereocenters. The van der Waals surface area contributed by atoms with Gasteiger partial charge in [0.2, 0.25) is 10.0 Å². The zero-order chi connectivity index (χ0) is 12.8. The minimum Gasteiger partial charge on any atom is -0.481 e. The van der Waals surface area contributed by atoms with Crippen LogP contribution in [-0.2, 0) is 19.6 Å². The molecule has 1 N–H and O–H groups in total. The van der Waals surface area contributed by atoms with Crippen molar-refractivity contribution in [1.82, 2.24) is 4.31 Å². The average Bonchev–Trinajstić information content (AvgIpc) is 2.14. The predicted octanol–water partition coefficient (Wildman–Crippen LogP) is 0.148. The van der Waals surface area contributed by atoms with Gasteiger partial charge in [-0.05, 0) is 6.92 Å². The summed E-state index contributed by atoms with van der Waals surface area (Å²) in [6, 6.07) is -0.538. The number of carboxylic acids is 1. The van der Waals surface area contributed by atoms with Crippen LogP contribution >= 0.6 is 0 Å². The Kier molecular flexibility index (Phi) is 6.54. The first-order valence-corrected chi connectivity index (χ1v) is 6.66.